The average molecular weight is 236 g/mol. The molecule has 0 radical (unpaired) electrons. The normalized spacial score (nSPS) is 28.2. The molecule has 0 spiro atoms. The van der Waals surface area contributed by atoms with Crippen molar-refractivity contribution in [1.29, 1.82) is 0 Å². The molecule has 3 atom stereocenters. The van der Waals surface area contributed by atoms with Crippen LogP contribution in [0, 0.1) is 11.7 Å². The Morgan fingerprint density at radius 3 is 2.35 bits per heavy atom. The third-order valence-corrected chi connectivity index (χ3v) is 3.86. The molecule has 1 aromatic carbocycles. The van der Waals surface area contributed by atoms with Crippen LogP contribution in [-0.2, 0) is 4.74 Å². The van der Waals surface area contributed by atoms with Crippen LogP contribution in [0.5, 0.6) is 0 Å². The Morgan fingerprint density at radius 2 is 1.82 bits per heavy atom. The lowest BCUT2D eigenvalue weighted by atomic mass is 10.1. The van der Waals surface area contributed by atoms with E-state index in [9.17, 15) is 4.39 Å². The molecule has 1 unspecified atom stereocenters. The van der Waals surface area contributed by atoms with Crippen molar-refractivity contribution in [2.45, 2.75) is 51.7 Å². The molecule has 0 amide bonds. The van der Waals surface area contributed by atoms with E-state index in [1.165, 1.54) is 17.7 Å². The van der Waals surface area contributed by atoms with E-state index in [-0.39, 0.29) is 17.5 Å². The van der Waals surface area contributed by atoms with E-state index >= 15 is 0 Å². The fourth-order valence-corrected chi connectivity index (χ4v) is 2.24. The molecule has 1 nitrogen and oxygen atoms in total. The minimum absolute atomic E-state index is 0.0618. The van der Waals surface area contributed by atoms with E-state index < -0.39 is 0 Å². The van der Waals surface area contributed by atoms with Gasteiger partial charge in [-0.05, 0) is 43.9 Å². The van der Waals surface area contributed by atoms with Gasteiger partial charge in [-0.2, -0.15) is 0 Å². The molecule has 1 aromatic rings. The molecular formula is C15H21FO. The van der Waals surface area contributed by atoms with Crippen LogP contribution < -0.4 is 0 Å². The SMILES string of the molecule is CCC(C)(C)O[C@H]1C(c2ccc(F)cc2)[C@H]1C. The van der Waals surface area contributed by atoms with Gasteiger partial charge in [0, 0.05) is 5.92 Å². The summed E-state index contributed by atoms with van der Waals surface area (Å²) in [5.41, 5.74) is 1.13. The van der Waals surface area contributed by atoms with Gasteiger partial charge in [-0.3, -0.25) is 0 Å². The maximum absolute atomic E-state index is 12.9. The van der Waals surface area contributed by atoms with Crippen molar-refractivity contribution in [3.8, 4) is 0 Å². The Balaban J connectivity index is 2.03. The molecule has 17 heavy (non-hydrogen) atoms. The third-order valence-electron chi connectivity index (χ3n) is 3.86. The molecule has 2 heteroatoms. The standard InChI is InChI=1S/C15H21FO/c1-5-15(3,4)17-14-10(2)13(14)11-6-8-12(16)9-7-11/h6-10,13-14H,5H2,1-4H3/t10-,13?,14-/m1/s1. The second-order valence-corrected chi connectivity index (χ2v) is 5.63. The Kier molecular flexibility index (Phi) is 3.26. The lowest BCUT2D eigenvalue weighted by Gasteiger charge is -2.24. The van der Waals surface area contributed by atoms with Gasteiger partial charge in [0.2, 0.25) is 0 Å². The summed E-state index contributed by atoms with van der Waals surface area (Å²) in [5.74, 6) is 0.793. The first-order chi connectivity index (χ1) is 7.94. The summed E-state index contributed by atoms with van der Waals surface area (Å²) in [7, 11) is 0. The highest BCUT2D eigenvalue weighted by Crippen LogP contribution is 2.51. The molecule has 0 saturated heterocycles. The van der Waals surface area contributed by atoms with Crippen molar-refractivity contribution >= 4 is 0 Å². The third kappa shape index (κ3) is 2.68. The smallest absolute Gasteiger partial charge is 0.123 e. The monoisotopic (exact) mass is 236 g/mol. The predicted octanol–water partition coefficient (Wildman–Crippen LogP) is 4.13. The van der Waals surface area contributed by atoms with Crippen molar-refractivity contribution in [1.82, 2.24) is 0 Å². The highest BCUT2D eigenvalue weighted by Gasteiger charge is 2.50. The van der Waals surface area contributed by atoms with Crippen LogP contribution in [0.4, 0.5) is 4.39 Å². The fraction of sp³-hybridized carbons (Fsp3) is 0.600. The minimum Gasteiger partial charge on any atom is -0.371 e. The summed E-state index contributed by atoms with van der Waals surface area (Å²) in [5, 5.41) is 0. The van der Waals surface area contributed by atoms with Crippen LogP contribution in [0.3, 0.4) is 0 Å². The van der Waals surface area contributed by atoms with Gasteiger partial charge in [-0.15, -0.1) is 0 Å². The van der Waals surface area contributed by atoms with Crippen LogP contribution in [-0.4, -0.2) is 11.7 Å². The molecule has 1 fully saturated rings. The van der Waals surface area contributed by atoms with E-state index in [1.54, 1.807) is 0 Å². The van der Waals surface area contributed by atoms with Gasteiger partial charge in [0.25, 0.3) is 0 Å². The topological polar surface area (TPSA) is 9.23 Å². The van der Waals surface area contributed by atoms with Crippen LogP contribution in [0.2, 0.25) is 0 Å². The molecule has 1 aliphatic rings. The van der Waals surface area contributed by atoms with E-state index in [0.717, 1.165) is 6.42 Å². The van der Waals surface area contributed by atoms with Gasteiger partial charge in [-0.25, -0.2) is 4.39 Å². The number of ether oxygens (including phenoxy) is 1. The number of rotatable bonds is 4. The summed E-state index contributed by atoms with van der Waals surface area (Å²) >= 11 is 0. The lowest BCUT2D eigenvalue weighted by molar-refractivity contribution is -0.0388. The first kappa shape index (κ1) is 12.6. The maximum atomic E-state index is 12.9. The molecular weight excluding hydrogens is 215 g/mol. The quantitative estimate of drug-likeness (QED) is 0.763. The Hall–Kier alpha value is -0.890. The lowest BCUT2D eigenvalue weighted by Crippen LogP contribution is -2.25. The molecule has 94 valence electrons. The Labute approximate surface area is 103 Å². The molecule has 2 rings (SSSR count). The molecule has 0 N–H and O–H groups in total. The second-order valence-electron chi connectivity index (χ2n) is 5.63. The first-order valence-corrected chi connectivity index (χ1v) is 6.38. The van der Waals surface area contributed by atoms with Gasteiger partial charge >= 0.3 is 0 Å². The summed E-state index contributed by atoms with van der Waals surface area (Å²) in [6.07, 6.45) is 1.29. The Bertz CT molecular complexity index is 382. The molecule has 1 saturated carbocycles. The molecule has 0 heterocycles. The zero-order valence-electron chi connectivity index (χ0n) is 11.0. The summed E-state index contributed by atoms with van der Waals surface area (Å²) in [6.45, 7) is 8.59. The van der Waals surface area contributed by atoms with Gasteiger partial charge < -0.3 is 4.74 Å². The Morgan fingerprint density at radius 1 is 1.24 bits per heavy atom. The minimum atomic E-state index is -0.173. The van der Waals surface area contributed by atoms with Crippen molar-refractivity contribution in [3.05, 3.63) is 35.6 Å². The van der Waals surface area contributed by atoms with Gasteiger partial charge in [0.1, 0.15) is 5.82 Å². The average Bonchev–Trinajstić information content (AvgIpc) is 2.90. The van der Waals surface area contributed by atoms with E-state index in [1.807, 2.05) is 12.1 Å². The van der Waals surface area contributed by atoms with E-state index in [0.29, 0.717) is 11.8 Å². The highest BCUT2D eigenvalue weighted by molar-refractivity contribution is 5.29. The second kappa shape index (κ2) is 4.41. The summed E-state index contributed by atoms with van der Waals surface area (Å²) in [4.78, 5) is 0. The maximum Gasteiger partial charge on any atom is 0.123 e. The largest absolute Gasteiger partial charge is 0.371 e. The number of hydrogen-bond acceptors (Lipinski definition) is 1. The van der Waals surface area contributed by atoms with Gasteiger partial charge in [0.15, 0.2) is 0 Å². The van der Waals surface area contributed by atoms with Gasteiger partial charge in [0.05, 0.1) is 11.7 Å². The summed E-state index contributed by atoms with van der Waals surface area (Å²) < 4.78 is 19.0. The van der Waals surface area contributed by atoms with E-state index in [2.05, 4.69) is 27.7 Å². The highest BCUT2D eigenvalue weighted by atomic mass is 19.1. The molecule has 0 aliphatic heterocycles. The van der Waals surface area contributed by atoms with Crippen LogP contribution in [0.1, 0.15) is 45.6 Å². The zero-order chi connectivity index (χ0) is 12.6. The summed E-state index contributed by atoms with van der Waals surface area (Å²) in [6, 6.07) is 6.81. The predicted molar refractivity (Wildman–Crippen MR) is 67.5 cm³/mol. The van der Waals surface area contributed by atoms with Crippen LogP contribution in [0.15, 0.2) is 24.3 Å². The first-order valence-electron chi connectivity index (χ1n) is 6.38. The van der Waals surface area contributed by atoms with Crippen molar-refractivity contribution in [2.24, 2.45) is 5.92 Å². The molecule has 0 bridgehead atoms. The zero-order valence-corrected chi connectivity index (χ0v) is 11.0. The molecule has 0 aromatic heterocycles. The van der Waals surface area contributed by atoms with Crippen molar-refractivity contribution in [2.75, 3.05) is 0 Å². The number of halogens is 1. The molecule has 1 aliphatic carbocycles. The number of benzene rings is 1. The van der Waals surface area contributed by atoms with Crippen LogP contribution in [0.25, 0.3) is 0 Å². The van der Waals surface area contributed by atoms with Crippen LogP contribution >= 0.6 is 0 Å². The fourth-order valence-electron chi connectivity index (χ4n) is 2.24. The van der Waals surface area contributed by atoms with E-state index in [4.69, 9.17) is 4.74 Å². The number of hydrogen-bond donors (Lipinski definition) is 0. The van der Waals surface area contributed by atoms with Crippen molar-refractivity contribution < 1.29 is 9.13 Å². The van der Waals surface area contributed by atoms with Crippen molar-refractivity contribution in [3.63, 3.8) is 0 Å². The van der Waals surface area contributed by atoms with Gasteiger partial charge in [-0.1, -0.05) is 26.0 Å².